The molecule has 0 fully saturated rings. The number of Topliss-reactive ketones (excluding diaryl/α,β-unsaturated/α-hetero) is 1. The van der Waals surface area contributed by atoms with Crippen LogP contribution in [0.2, 0.25) is 0 Å². The minimum absolute atomic E-state index is 0.00482. The SMILES string of the molecule is CCC(=O)NCCOCCOCC(C)=O. The Labute approximate surface area is 90.1 Å². The fourth-order valence-corrected chi connectivity index (χ4v) is 0.823. The number of ether oxygens (including phenoxy) is 2. The Hall–Kier alpha value is -0.940. The van der Waals surface area contributed by atoms with E-state index < -0.39 is 0 Å². The summed E-state index contributed by atoms with van der Waals surface area (Å²) >= 11 is 0. The zero-order chi connectivity index (χ0) is 11.5. The first kappa shape index (κ1) is 14.1. The van der Waals surface area contributed by atoms with Crippen molar-refractivity contribution < 1.29 is 19.1 Å². The van der Waals surface area contributed by atoms with Crippen molar-refractivity contribution >= 4 is 11.7 Å². The van der Waals surface area contributed by atoms with Gasteiger partial charge in [-0.2, -0.15) is 0 Å². The average molecular weight is 217 g/mol. The molecular formula is C10H19NO4. The molecule has 15 heavy (non-hydrogen) atoms. The summed E-state index contributed by atoms with van der Waals surface area (Å²) in [5.41, 5.74) is 0. The Morgan fingerprint density at radius 1 is 1.13 bits per heavy atom. The lowest BCUT2D eigenvalue weighted by Gasteiger charge is -2.05. The van der Waals surface area contributed by atoms with E-state index in [0.717, 1.165) is 0 Å². The summed E-state index contributed by atoms with van der Waals surface area (Å²) in [5.74, 6) is 0.0247. The van der Waals surface area contributed by atoms with Gasteiger partial charge in [-0.1, -0.05) is 6.92 Å². The van der Waals surface area contributed by atoms with Crippen LogP contribution >= 0.6 is 0 Å². The van der Waals surface area contributed by atoms with Gasteiger partial charge in [-0.05, 0) is 6.92 Å². The molecule has 0 unspecified atom stereocenters. The third kappa shape index (κ3) is 11.0. The van der Waals surface area contributed by atoms with Gasteiger partial charge in [0.25, 0.3) is 0 Å². The van der Waals surface area contributed by atoms with Gasteiger partial charge in [-0.15, -0.1) is 0 Å². The minimum atomic E-state index is 0.00482. The maximum Gasteiger partial charge on any atom is 0.219 e. The van der Waals surface area contributed by atoms with Gasteiger partial charge in [0.1, 0.15) is 6.61 Å². The number of rotatable bonds is 9. The molecule has 0 aliphatic rings. The van der Waals surface area contributed by atoms with Crippen molar-refractivity contribution in [2.75, 3.05) is 33.0 Å². The monoisotopic (exact) mass is 217 g/mol. The molecule has 5 nitrogen and oxygen atoms in total. The molecule has 0 spiro atoms. The molecule has 0 aliphatic heterocycles. The summed E-state index contributed by atoms with van der Waals surface area (Å²) in [4.78, 5) is 21.3. The fourth-order valence-electron chi connectivity index (χ4n) is 0.823. The number of carbonyl (C=O) groups is 2. The third-order valence-electron chi connectivity index (χ3n) is 1.57. The predicted molar refractivity (Wildman–Crippen MR) is 55.6 cm³/mol. The van der Waals surface area contributed by atoms with Crippen LogP contribution in [0.15, 0.2) is 0 Å². The van der Waals surface area contributed by atoms with Crippen LogP contribution in [0.5, 0.6) is 0 Å². The van der Waals surface area contributed by atoms with Gasteiger partial charge in [-0.3, -0.25) is 9.59 Å². The van der Waals surface area contributed by atoms with Gasteiger partial charge in [0.05, 0.1) is 19.8 Å². The van der Waals surface area contributed by atoms with Crippen molar-refractivity contribution in [3.63, 3.8) is 0 Å². The van der Waals surface area contributed by atoms with E-state index in [1.807, 2.05) is 0 Å². The Morgan fingerprint density at radius 3 is 2.40 bits per heavy atom. The van der Waals surface area contributed by atoms with E-state index in [1.165, 1.54) is 6.92 Å². The smallest absolute Gasteiger partial charge is 0.219 e. The molecule has 5 heteroatoms. The van der Waals surface area contributed by atoms with Crippen LogP contribution in [0.4, 0.5) is 0 Å². The van der Waals surface area contributed by atoms with Gasteiger partial charge in [0, 0.05) is 13.0 Å². The molecule has 1 amide bonds. The third-order valence-corrected chi connectivity index (χ3v) is 1.57. The van der Waals surface area contributed by atoms with Crippen molar-refractivity contribution in [2.24, 2.45) is 0 Å². The molecule has 88 valence electrons. The minimum Gasteiger partial charge on any atom is -0.377 e. The van der Waals surface area contributed by atoms with Crippen molar-refractivity contribution in [2.45, 2.75) is 20.3 Å². The zero-order valence-electron chi connectivity index (χ0n) is 9.38. The normalized spacial score (nSPS) is 10.0. The summed E-state index contributed by atoms with van der Waals surface area (Å²) in [5, 5.41) is 2.68. The molecule has 0 bridgehead atoms. The molecule has 0 aromatic rings. The van der Waals surface area contributed by atoms with Crippen LogP contribution in [0.25, 0.3) is 0 Å². The topological polar surface area (TPSA) is 64.6 Å². The maximum absolute atomic E-state index is 10.8. The van der Waals surface area contributed by atoms with Gasteiger partial charge in [-0.25, -0.2) is 0 Å². The summed E-state index contributed by atoms with van der Waals surface area (Å²) in [6.45, 7) is 5.23. The highest BCUT2D eigenvalue weighted by molar-refractivity contribution is 5.76. The second-order valence-corrected chi connectivity index (χ2v) is 3.07. The number of hydrogen-bond donors (Lipinski definition) is 1. The highest BCUT2D eigenvalue weighted by Gasteiger charge is 1.95. The lowest BCUT2D eigenvalue weighted by molar-refractivity contribution is -0.122. The zero-order valence-corrected chi connectivity index (χ0v) is 9.38. The average Bonchev–Trinajstić information content (AvgIpc) is 2.21. The first-order chi connectivity index (χ1) is 7.16. The van der Waals surface area contributed by atoms with Gasteiger partial charge in [0.15, 0.2) is 5.78 Å². The lowest BCUT2D eigenvalue weighted by Crippen LogP contribution is -2.26. The Bertz CT molecular complexity index is 194. The molecule has 0 saturated carbocycles. The van der Waals surface area contributed by atoms with Crippen LogP contribution in [0.3, 0.4) is 0 Å². The summed E-state index contributed by atoms with van der Waals surface area (Å²) in [6.07, 6.45) is 0.488. The van der Waals surface area contributed by atoms with Gasteiger partial charge >= 0.3 is 0 Å². The molecule has 0 rings (SSSR count). The molecule has 0 aliphatic carbocycles. The second kappa shape index (κ2) is 9.61. The molecule has 0 atom stereocenters. The molecule has 0 saturated heterocycles. The number of amides is 1. The van der Waals surface area contributed by atoms with E-state index in [1.54, 1.807) is 6.92 Å². The Kier molecular flexibility index (Phi) is 9.01. The molecular weight excluding hydrogens is 198 g/mol. The van der Waals surface area contributed by atoms with Crippen LogP contribution < -0.4 is 5.32 Å². The number of nitrogens with one attached hydrogen (secondary N) is 1. The van der Waals surface area contributed by atoms with Crippen LogP contribution in [-0.4, -0.2) is 44.7 Å². The van der Waals surface area contributed by atoms with Gasteiger partial charge < -0.3 is 14.8 Å². The second-order valence-electron chi connectivity index (χ2n) is 3.07. The van der Waals surface area contributed by atoms with Crippen LogP contribution in [0.1, 0.15) is 20.3 Å². The van der Waals surface area contributed by atoms with Crippen molar-refractivity contribution in [1.82, 2.24) is 5.32 Å². The first-order valence-corrected chi connectivity index (χ1v) is 5.08. The summed E-state index contributed by atoms with van der Waals surface area (Å²) in [7, 11) is 0. The molecule has 0 aromatic carbocycles. The number of ketones is 1. The van der Waals surface area contributed by atoms with Crippen LogP contribution in [-0.2, 0) is 19.1 Å². The van der Waals surface area contributed by atoms with Crippen LogP contribution in [0, 0.1) is 0 Å². The Balaban J connectivity index is 3.05. The highest BCUT2D eigenvalue weighted by Crippen LogP contribution is 1.80. The molecule has 0 radical (unpaired) electrons. The quantitative estimate of drug-likeness (QED) is 0.558. The highest BCUT2D eigenvalue weighted by atomic mass is 16.5. The maximum atomic E-state index is 10.8. The first-order valence-electron chi connectivity index (χ1n) is 5.08. The molecule has 1 N–H and O–H groups in total. The summed E-state index contributed by atoms with van der Waals surface area (Å²) in [6, 6.07) is 0. The van der Waals surface area contributed by atoms with Gasteiger partial charge in [0.2, 0.25) is 5.91 Å². The van der Waals surface area contributed by atoms with Crippen molar-refractivity contribution in [1.29, 1.82) is 0 Å². The summed E-state index contributed by atoms with van der Waals surface area (Å²) < 4.78 is 10.1. The number of hydrogen-bond acceptors (Lipinski definition) is 4. The van der Waals surface area contributed by atoms with Crippen molar-refractivity contribution in [3.05, 3.63) is 0 Å². The standard InChI is InChI=1S/C10H19NO4/c1-3-10(13)11-4-5-14-6-7-15-8-9(2)12/h3-8H2,1-2H3,(H,11,13). The van der Waals surface area contributed by atoms with E-state index in [4.69, 9.17) is 9.47 Å². The van der Waals surface area contributed by atoms with E-state index in [0.29, 0.717) is 32.8 Å². The molecule has 0 aromatic heterocycles. The van der Waals surface area contributed by atoms with E-state index in [-0.39, 0.29) is 18.3 Å². The Morgan fingerprint density at radius 2 is 1.80 bits per heavy atom. The van der Waals surface area contributed by atoms with E-state index >= 15 is 0 Å². The largest absolute Gasteiger partial charge is 0.377 e. The van der Waals surface area contributed by atoms with E-state index in [2.05, 4.69) is 5.32 Å². The fraction of sp³-hybridized carbons (Fsp3) is 0.800. The van der Waals surface area contributed by atoms with Crippen molar-refractivity contribution in [3.8, 4) is 0 Å². The lowest BCUT2D eigenvalue weighted by atomic mass is 10.4. The predicted octanol–water partition coefficient (Wildman–Crippen LogP) is 0.135. The van der Waals surface area contributed by atoms with E-state index in [9.17, 15) is 9.59 Å². The molecule has 0 heterocycles. The number of carbonyl (C=O) groups excluding carboxylic acids is 2.